The fraction of sp³-hybridized carbons (Fsp3) is 0.400. The molecule has 1 aliphatic rings. The summed E-state index contributed by atoms with van der Waals surface area (Å²) in [6.07, 6.45) is -0.103. The largest absolute Gasteiger partial charge is 0.493 e. The van der Waals surface area contributed by atoms with E-state index in [4.69, 9.17) is 18.9 Å². The summed E-state index contributed by atoms with van der Waals surface area (Å²) in [6.45, 7) is 2.35. The lowest BCUT2D eigenvalue weighted by atomic mass is 10.1. The third-order valence-corrected chi connectivity index (χ3v) is 3.77. The molecule has 0 saturated heterocycles. The van der Waals surface area contributed by atoms with Gasteiger partial charge in [-0.3, -0.25) is 4.57 Å². The molecule has 0 N–H and O–H groups in total. The van der Waals surface area contributed by atoms with Gasteiger partial charge in [0.25, 0.3) is 0 Å². The maximum Gasteiger partial charge on any atom is 0.415 e. The van der Waals surface area contributed by atoms with Crippen LogP contribution in [0.4, 0.5) is 5.82 Å². The van der Waals surface area contributed by atoms with E-state index in [1.54, 1.807) is 16.7 Å². The first-order valence-corrected chi connectivity index (χ1v) is 7.22. The Morgan fingerprint density at radius 1 is 1.25 bits per heavy atom. The Labute approximate surface area is 137 Å². The van der Waals surface area contributed by atoms with E-state index in [-0.39, 0.29) is 17.9 Å². The first-order valence-electron chi connectivity index (χ1n) is 7.22. The fourth-order valence-corrected chi connectivity index (χ4v) is 2.78. The van der Waals surface area contributed by atoms with Crippen molar-refractivity contribution < 1.29 is 23.9 Å². The van der Waals surface area contributed by atoms with Crippen molar-refractivity contribution in [3.05, 3.63) is 22.2 Å². The predicted molar refractivity (Wildman–Crippen MR) is 84.1 cm³/mol. The smallest absolute Gasteiger partial charge is 0.415 e. The topological polar surface area (TPSA) is 97.9 Å². The SMILES string of the molecule is COc1cc(-c2c([N+](=O)[O-])nc3n2CC(C)O3)cc(OC)c1OC. The van der Waals surface area contributed by atoms with E-state index in [0.717, 1.165) is 0 Å². The number of hydrogen-bond acceptors (Lipinski definition) is 7. The van der Waals surface area contributed by atoms with Crippen molar-refractivity contribution in [1.29, 1.82) is 0 Å². The minimum atomic E-state index is -0.530. The molecule has 1 aliphatic heterocycles. The van der Waals surface area contributed by atoms with E-state index in [0.29, 0.717) is 35.1 Å². The molecular weight excluding hydrogens is 318 g/mol. The lowest BCUT2D eigenvalue weighted by Gasteiger charge is -2.14. The average Bonchev–Trinajstić information content (AvgIpc) is 3.09. The second-order valence-electron chi connectivity index (χ2n) is 5.28. The fourth-order valence-electron chi connectivity index (χ4n) is 2.78. The van der Waals surface area contributed by atoms with E-state index in [1.807, 2.05) is 6.92 Å². The van der Waals surface area contributed by atoms with Crippen LogP contribution in [0.5, 0.6) is 23.3 Å². The van der Waals surface area contributed by atoms with Crippen LogP contribution in [0, 0.1) is 10.1 Å². The molecule has 0 aliphatic carbocycles. The molecule has 9 nitrogen and oxygen atoms in total. The molecule has 9 heteroatoms. The summed E-state index contributed by atoms with van der Waals surface area (Å²) >= 11 is 0. The molecule has 128 valence electrons. The molecule has 2 aromatic rings. The van der Waals surface area contributed by atoms with Crippen LogP contribution >= 0.6 is 0 Å². The molecule has 1 unspecified atom stereocenters. The van der Waals surface area contributed by atoms with Crippen molar-refractivity contribution in [2.75, 3.05) is 21.3 Å². The minimum Gasteiger partial charge on any atom is -0.493 e. The Kier molecular flexibility index (Phi) is 3.92. The van der Waals surface area contributed by atoms with Crippen LogP contribution in [0.3, 0.4) is 0 Å². The number of rotatable bonds is 5. The Bertz CT molecular complexity index is 776. The normalized spacial score (nSPS) is 15.6. The lowest BCUT2D eigenvalue weighted by Crippen LogP contribution is -2.10. The average molecular weight is 335 g/mol. The predicted octanol–water partition coefficient (Wildman–Crippen LogP) is 2.26. The van der Waals surface area contributed by atoms with E-state index in [2.05, 4.69) is 4.98 Å². The highest BCUT2D eigenvalue weighted by Gasteiger charge is 2.36. The highest BCUT2D eigenvalue weighted by atomic mass is 16.6. The van der Waals surface area contributed by atoms with Gasteiger partial charge in [0, 0.05) is 10.5 Å². The summed E-state index contributed by atoms with van der Waals surface area (Å²) in [5.41, 5.74) is 0.881. The van der Waals surface area contributed by atoms with Gasteiger partial charge in [0.15, 0.2) is 17.2 Å². The van der Waals surface area contributed by atoms with Crippen molar-refractivity contribution in [2.45, 2.75) is 19.6 Å². The van der Waals surface area contributed by atoms with Crippen LogP contribution in [-0.4, -0.2) is 41.9 Å². The molecule has 1 aromatic heterocycles. The van der Waals surface area contributed by atoms with Crippen LogP contribution in [0.2, 0.25) is 0 Å². The summed E-state index contributed by atoms with van der Waals surface area (Å²) in [7, 11) is 4.47. The quantitative estimate of drug-likeness (QED) is 0.610. The number of methoxy groups -OCH3 is 3. The highest BCUT2D eigenvalue weighted by molar-refractivity contribution is 5.75. The zero-order valence-electron chi connectivity index (χ0n) is 13.7. The van der Waals surface area contributed by atoms with Crippen molar-refractivity contribution in [3.8, 4) is 34.5 Å². The van der Waals surface area contributed by atoms with Gasteiger partial charge in [0.2, 0.25) is 5.75 Å². The summed E-state index contributed by atoms with van der Waals surface area (Å²) in [5, 5.41) is 11.4. The van der Waals surface area contributed by atoms with E-state index < -0.39 is 4.92 Å². The Hall–Kier alpha value is -2.97. The number of nitrogens with zero attached hydrogens (tertiary/aromatic N) is 3. The highest BCUT2D eigenvalue weighted by Crippen LogP contribution is 2.44. The summed E-state index contributed by atoms with van der Waals surface area (Å²) in [5.74, 6) is 0.954. The monoisotopic (exact) mass is 335 g/mol. The molecule has 2 heterocycles. The molecule has 24 heavy (non-hydrogen) atoms. The van der Waals surface area contributed by atoms with E-state index in [9.17, 15) is 10.1 Å². The second kappa shape index (κ2) is 5.91. The zero-order valence-corrected chi connectivity index (χ0v) is 13.7. The van der Waals surface area contributed by atoms with Gasteiger partial charge in [-0.05, 0) is 24.0 Å². The minimum absolute atomic E-state index is 0.103. The van der Waals surface area contributed by atoms with Gasteiger partial charge in [-0.2, -0.15) is 0 Å². The summed E-state index contributed by atoms with van der Waals surface area (Å²) in [4.78, 5) is 14.9. The van der Waals surface area contributed by atoms with E-state index >= 15 is 0 Å². The Balaban J connectivity index is 2.24. The Morgan fingerprint density at radius 2 is 1.88 bits per heavy atom. The maximum absolute atomic E-state index is 11.4. The molecule has 3 rings (SSSR count). The number of imidazole rings is 1. The molecule has 0 bridgehead atoms. The number of benzene rings is 1. The number of ether oxygens (including phenoxy) is 4. The third kappa shape index (κ3) is 2.38. The van der Waals surface area contributed by atoms with Crippen LogP contribution in [0.1, 0.15) is 6.92 Å². The standard InChI is InChI=1S/C15H17N3O6/c1-8-7-17-12(14(18(19)20)16-15(17)24-8)9-5-10(21-2)13(23-4)11(6-9)22-3/h5-6,8H,7H2,1-4H3. The van der Waals surface area contributed by atoms with Crippen molar-refractivity contribution in [1.82, 2.24) is 9.55 Å². The van der Waals surface area contributed by atoms with Crippen molar-refractivity contribution in [3.63, 3.8) is 0 Å². The van der Waals surface area contributed by atoms with Crippen LogP contribution in [0.15, 0.2) is 12.1 Å². The van der Waals surface area contributed by atoms with Gasteiger partial charge in [-0.25, -0.2) is 0 Å². The summed E-state index contributed by atoms with van der Waals surface area (Å²) < 4.78 is 23.1. The number of hydrogen-bond donors (Lipinski definition) is 0. The molecule has 0 amide bonds. The van der Waals surface area contributed by atoms with Gasteiger partial charge >= 0.3 is 11.8 Å². The van der Waals surface area contributed by atoms with Crippen LogP contribution in [-0.2, 0) is 6.54 Å². The van der Waals surface area contributed by atoms with Gasteiger partial charge < -0.3 is 29.1 Å². The maximum atomic E-state index is 11.4. The third-order valence-electron chi connectivity index (χ3n) is 3.77. The number of nitro groups is 1. The molecular formula is C15H17N3O6. The molecule has 0 spiro atoms. The molecule has 0 saturated carbocycles. The van der Waals surface area contributed by atoms with Crippen molar-refractivity contribution >= 4 is 5.82 Å². The van der Waals surface area contributed by atoms with Crippen LogP contribution in [0.25, 0.3) is 11.3 Å². The molecule has 0 fully saturated rings. The van der Waals surface area contributed by atoms with Gasteiger partial charge in [-0.1, -0.05) is 0 Å². The first kappa shape index (κ1) is 15.9. The van der Waals surface area contributed by atoms with E-state index in [1.165, 1.54) is 21.3 Å². The number of aromatic nitrogens is 2. The molecule has 0 radical (unpaired) electrons. The lowest BCUT2D eigenvalue weighted by molar-refractivity contribution is -0.388. The molecule has 1 aromatic carbocycles. The molecule has 1 atom stereocenters. The summed E-state index contributed by atoms with van der Waals surface area (Å²) in [6, 6.07) is 3.54. The van der Waals surface area contributed by atoms with Gasteiger partial charge in [0.05, 0.1) is 27.9 Å². The number of fused-ring (bicyclic) bond motifs is 1. The van der Waals surface area contributed by atoms with Crippen LogP contribution < -0.4 is 18.9 Å². The second-order valence-corrected chi connectivity index (χ2v) is 5.28. The van der Waals surface area contributed by atoms with Gasteiger partial charge in [-0.15, -0.1) is 0 Å². The first-order chi connectivity index (χ1) is 11.5. The Morgan fingerprint density at radius 3 is 2.38 bits per heavy atom. The van der Waals surface area contributed by atoms with Gasteiger partial charge in [0.1, 0.15) is 6.10 Å². The zero-order chi connectivity index (χ0) is 17.4. The van der Waals surface area contributed by atoms with Crippen molar-refractivity contribution in [2.24, 2.45) is 0 Å².